The van der Waals surface area contributed by atoms with E-state index in [9.17, 15) is 0 Å². The molecule has 3 aromatic rings. The Kier molecular flexibility index (Phi) is 3.64. The minimum absolute atomic E-state index is 0.591. The van der Waals surface area contributed by atoms with Gasteiger partial charge < -0.3 is 4.42 Å². The summed E-state index contributed by atoms with van der Waals surface area (Å²) in [5.74, 6) is 1.21. The van der Waals surface area contributed by atoms with E-state index in [1.807, 2.05) is 6.07 Å². The first-order valence-corrected chi connectivity index (χ1v) is 7.96. The van der Waals surface area contributed by atoms with Crippen molar-refractivity contribution in [2.75, 3.05) is 0 Å². The molecule has 0 atom stereocenters. The third-order valence-corrected chi connectivity index (χ3v) is 4.68. The van der Waals surface area contributed by atoms with Crippen LogP contribution in [0.15, 0.2) is 28.0 Å². The Labute approximate surface area is 128 Å². The highest BCUT2D eigenvalue weighted by atomic mass is 32.1. The third kappa shape index (κ3) is 2.51. The Morgan fingerprint density at radius 3 is 2.43 bits per heavy atom. The van der Waals surface area contributed by atoms with Gasteiger partial charge in [0.05, 0.1) is 5.56 Å². The molecule has 0 spiro atoms. The summed E-state index contributed by atoms with van der Waals surface area (Å²) in [5, 5.41) is 10.6. The van der Waals surface area contributed by atoms with Gasteiger partial charge in [0, 0.05) is 15.8 Å². The predicted octanol–water partition coefficient (Wildman–Crippen LogP) is 4.95. The molecule has 0 aliphatic carbocycles. The van der Waals surface area contributed by atoms with Gasteiger partial charge in [-0.25, -0.2) is 0 Å². The molecule has 3 nitrogen and oxygen atoms in total. The molecule has 108 valence electrons. The summed E-state index contributed by atoms with van der Waals surface area (Å²) in [6, 6.07) is 6.24. The van der Waals surface area contributed by atoms with Crippen molar-refractivity contribution in [1.29, 1.82) is 0 Å². The van der Waals surface area contributed by atoms with Crippen LogP contribution < -0.4 is 0 Å². The van der Waals surface area contributed by atoms with Crippen molar-refractivity contribution in [2.24, 2.45) is 0 Å². The van der Waals surface area contributed by atoms with E-state index in [1.165, 1.54) is 16.0 Å². The molecule has 2 heterocycles. The van der Waals surface area contributed by atoms with Crippen molar-refractivity contribution in [3.8, 4) is 22.9 Å². The second-order valence-electron chi connectivity index (χ2n) is 5.27. The molecular weight excluding hydrogens is 280 g/mol. The Morgan fingerprint density at radius 1 is 1.05 bits per heavy atom. The van der Waals surface area contributed by atoms with Gasteiger partial charge in [-0.3, -0.25) is 0 Å². The van der Waals surface area contributed by atoms with Gasteiger partial charge in [-0.15, -0.1) is 21.5 Å². The topological polar surface area (TPSA) is 38.9 Å². The average molecular weight is 298 g/mol. The van der Waals surface area contributed by atoms with Crippen LogP contribution in [0, 0.1) is 20.8 Å². The zero-order valence-electron chi connectivity index (χ0n) is 12.7. The second-order valence-corrected chi connectivity index (χ2v) is 6.35. The molecule has 0 bridgehead atoms. The van der Waals surface area contributed by atoms with Crippen LogP contribution in [0.1, 0.15) is 28.5 Å². The van der Waals surface area contributed by atoms with E-state index < -0.39 is 0 Å². The van der Waals surface area contributed by atoms with Crippen molar-refractivity contribution in [3.63, 3.8) is 0 Å². The number of benzene rings is 1. The van der Waals surface area contributed by atoms with Gasteiger partial charge in [-0.1, -0.05) is 24.6 Å². The van der Waals surface area contributed by atoms with Crippen LogP contribution in [-0.2, 0) is 6.42 Å². The molecule has 0 radical (unpaired) electrons. The van der Waals surface area contributed by atoms with Crippen molar-refractivity contribution in [2.45, 2.75) is 34.1 Å². The number of aromatic nitrogens is 2. The van der Waals surface area contributed by atoms with Gasteiger partial charge in [0.25, 0.3) is 0 Å². The lowest BCUT2D eigenvalue weighted by Gasteiger charge is -2.02. The summed E-state index contributed by atoms with van der Waals surface area (Å²) in [6.07, 6.45) is 0.978. The monoisotopic (exact) mass is 298 g/mol. The summed E-state index contributed by atoms with van der Waals surface area (Å²) < 4.78 is 5.92. The zero-order chi connectivity index (χ0) is 15.0. The second kappa shape index (κ2) is 5.45. The average Bonchev–Trinajstić information content (AvgIpc) is 3.05. The summed E-state index contributed by atoms with van der Waals surface area (Å²) in [7, 11) is 0. The molecule has 0 aliphatic heterocycles. The Bertz CT molecular complexity index is 786. The van der Waals surface area contributed by atoms with E-state index in [-0.39, 0.29) is 0 Å². The molecule has 0 N–H and O–H groups in total. The highest BCUT2D eigenvalue weighted by Crippen LogP contribution is 2.33. The van der Waals surface area contributed by atoms with Crippen molar-refractivity contribution >= 4 is 11.3 Å². The van der Waals surface area contributed by atoms with E-state index >= 15 is 0 Å². The van der Waals surface area contributed by atoms with Crippen LogP contribution in [0.4, 0.5) is 0 Å². The van der Waals surface area contributed by atoms with Crippen LogP contribution in [-0.4, -0.2) is 10.2 Å². The molecule has 0 saturated carbocycles. The van der Waals surface area contributed by atoms with Crippen molar-refractivity contribution in [1.82, 2.24) is 10.2 Å². The quantitative estimate of drug-likeness (QED) is 0.686. The van der Waals surface area contributed by atoms with Crippen LogP contribution >= 0.6 is 11.3 Å². The summed E-state index contributed by atoms with van der Waals surface area (Å²) in [6.45, 7) is 8.43. The maximum atomic E-state index is 5.92. The minimum Gasteiger partial charge on any atom is -0.416 e. The van der Waals surface area contributed by atoms with Crippen LogP contribution in [0.5, 0.6) is 0 Å². The number of hydrogen-bond acceptors (Lipinski definition) is 4. The van der Waals surface area contributed by atoms with Gasteiger partial charge in [-0.05, 0) is 44.4 Å². The predicted molar refractivity (Wildman–Crippen MR) is 86.6 cm³/mol. The van der Waals surface area contributed by atoms with Gasteiger partial charge in [0.1, 0.15) is 0 Å². The highest BCUT2D eigenvalue weighted by molar-refractivity contribution is 7.10. The maximum absolute atomic E-state index is 5.92. The van der Waals surface area contributed by atoms with Crippen LogP contribution in [0.3, 0.4) is 0 Å². The van der Waals surface area contributed by atoms with Gasteiger partial charge in [0.15, 0.2) is 0 Å². The third-order valence-electron chi connectivity index (χ3n) is 3.72. The Balaban J connectivity index is 2.03. The number of aryl methyl sites for hydroxylation is 3. The van der Waals surface area contributed by atoms with E-state index in [0.717, 1.165) is 23.1 Å². The summed E-state index contributed by atoms with van der Waals surface area (Å²) in [5.41, 5.74) is 5.77. The molecule has 0 aliphatic rings. The molecule has 21 heavy (non-hydrogen) atoms. The number of rotatable bonds is 3. The zero-order valence-corrected chi connectivity index (χ0v) is 13.5. The molecular formula is C17H18N2OS. The number of hydrogen-bond donors (Lipinski definition) is 0. The van der Waals surface area contributed by atoms with Gasteiger partial charge in [0.2, 0.25) is 11.8 Å². The maximum Gasteiger partial charge on any atom is 0.249 e. The molecule has 0 fully saturated rings. The van der Waals surface area contributed by atoms with Crippen molar-refractivity contribution in [3.05, 3.63) is 45.1 Å². The molecule has 0 unspecified atom stereocenters. The number of thiophene rings is 1. The standard InChI is InChI=1S/C17H18N2OS/c1-5-13-12(4)21-9-15(13)17-19-18-16(20-17)14-7-6-10(2)8-11(14)3/h6-9H,5H2,1-4H3. The fourth-order valence-corrected chi connectivity index (χ4v) is 3.53. The van der Waals surface area contributed by atoms with Crippen LogP contribution in [0.25, 0.3) is 22.9 Å². The fraction of sp³-hybridized carbons (Fsp3) is 0.294. The smallest absolute Gasteiger partial charge is 0.249 e. The minimum atomic E-state index is 0.591. The first-order chi connectivity index (χ1) is 10.1. The fourth-order valence-electron chi connectivity index (χ4n) is 2.59. The number of nitrogens with zero attached hydrogens (tertiary/aromatic N) is 2. The Hall–Kier alpha value is -1.94. The molecule has 4 heteroatoms. The molecule has 2 aromatic heterocycles. The molecule has 3 rings (SSSR count). The first-order valence-electron chi connectivity index (χ1n) is 7.08. The van der Waals surface area contributed by atoms with Crippen molar-refractivity contribution < 1.29 is 4.42 Å². The molecule has 1 aromatic carbocycles. The van der Waals surface area contributed by atoms with Gasteiger partial charge >= 0.3 is 0 Å². The van der Waals surface area contributed by atoms with E-state index in [4.69, 9.17) is 4.42 Å². The van der Waals surface area contributed by atoms with E-state index in [2.05, 4.69) is 55.4 Å². The lowest BCUT2D eigenvalue weighted by Crippen LogP contribution is -1.84. The summed E-state index contributed by atoms with van der Waals surface area (Å²) in [4.78, 5) is 1.32. The molecule has 0 amide bonds. The molecule has 0 saturated heterocycles. The summed E-state index contributed by atoms with van der Waals surface area (Å²) >= 11 is 1.73. The largest absolute Gasteiger partial charge is 0.416 e. The van der Waals surface area contributed by atoms with Gasteiger partial charge in [-0.2, -0.15) is 0 Å². The highest BCUT2D eigenvalue weighted by Gasteiger charge is 2.16. The Morgan fingerprint density at radius 2 is 1.76 bits per heavy atom. The van der Waals surface area contributed by atoms with E-state index in [1.54, 1.807) is 11.3 Å². The first kappa shape index (κ1) is 14.0. The lowest BCUT2D eigenvalue weighted by atomic mass is 10.1. The SMILES string of the molecule is CCc1c(-c2nnc(-c3ccc(C)cc3C)o2)csc1C. The normalized spacial score (nSPS) is 11.0. The lowest BCUT2D eigenvalue weighted by molar-refractivity contribution is 0.583. The van der Waals surface area contributed by atoms with Crippen LogP contribution in [0.2, 0.25) is 0 Å². The van der Waals surface area contributed by atoms with E-state index in [0.29, 0.717) is 11.8 Å².